The van der Waals surface area contributed by atoms with Gasteiger partial charge in [0.1, 0.15) is 5.69 Å². The summed E-state index contributed by atoms with van der Waals surface area (Å²) >= 11 is 0. The summed E-state index contributed by atoms with van der Waals surface area (Å²) in [5, 5.41) is 0. The molecule has 0 amide bonds. The van der Waals surface area contributed by atoms with Gasteiger partial charge in [0, 0.05) is 11.5 Å². The Morgan fingerprint density at radius 2 is 1.79 bits per heavy atom. The van der Waals surface area contributed by atoms with Crippen LogP contribution in [0.5, 0.6) is 0 Å². The maximum atomic E-state index is 13.1. The van der Waals surface area contributed by atoms with Crippen LogP contribution in [0.2, 0.25) is 0 Å². The van der Waals surface area contributed by atoms with Crippen molar-refractivity contribution in [1.29, 1.82) is 0 Å². The Balaban J connectivity index is 2.52. The molecule has 1 aliphatic heterocycles. The Kier molecular flexibility index (Phi) is 2.26. The normalized spacial score (nSPS) is 18.7. The third-order valence-corrected chi connectivity index (χ3v) is 4.49. The predicted molar refractivity (Wildman–Crippen MR) is 50.9 cm³/mol. The minimum absolute atomic E-state index is 0.391. The fraction of sp³-hybridized carbons (Fsp3) is 0.333. The van der Waals surface area contributed by atoms with E-state index >= 15 is 0 Å². The van der Waals surface area contributed by atoms with Gasteiger partial charge in [0.15, 0.2) is 11.6 Å². The van der Waals surface area contributed by atoms with Gasteiger partial charge in [-0.2, -0.15) is 4.36 Å². The zero-order chi connectivity index (χ0) is 10.2. The highest BCUT2D eigenvalue weighted by molar-refractivity contribution is 7.95. The Morgan fingerprint density at radius 1 is 1.21 bits per heavy atom. The van der Waals surface area contributed by atoms with Gasteiger partial charge in [-0.3, -0.25) is 0 Å². The summed E-state index contributed by atoms with van der Waals surface area (Å²) in [6.07, 6.45) is 0.818. The first-order valence-electron chi connectivity index (χ1n) is 4.27. The Morgan fingerprint density at radius 3 is 2.21 bits per heavy atom. The second-order valence-corrected chi connectivity index (χ2v) is 5.74. The van der Waals surface area contributed by atoms with Crippen LogP contribution >= 0.6 is 0 Å². The number of rotatable bonds is 1. The van der Waals surface area contributed by atoms with Crippen molar-refractivity contribution in [3.05, 3.63) is 29.8 Å². The predicted octanol–water partition coefficient (Wildman–Crippen LogP) is 2.47. The maximum absolute atomic E-state index is 13.1. The van der Waals surface area contributed by atoms with E-state index in [0.717, 1.165) is 18.6 Å². The topological polar surface area (TPSA) is 29.4 Å². The highest BCUT2D eigenvalue weighted by Crippen LogP contribution is 2.26. The molecule has 76 valence electrons. The SMILES string of the molecule is O=S1(=Nc2c(F)cccc2F)CCC1. The zero-order valence-corrected chi connectivity index (χ0v) is 8.19. The van der Waals surface area contributed by atoms with Crippen molar-refractivity contribution in [2.75, 3.05) is 11.5 Å². The number of halogens is 2. The molecular weight excluding hydrogens is 208 g/mol. The molecule has 2 rings (SSSR count). The summed E-state index contributed by atoms with van der Waals surface area (Å²) in [5.74, 6) is -0.610. The third-order valence-electron chi connectivity index (χ3n) is 2.12. The molecule has 1 heterocycles. The standard InChI is InChI=1S/C9H9F2NOS/c10-7-3-1-4-8(11)9(7)12-14(13)5-2-6-14/h1,3-4H,2,5-6H2. The van der Waals surface area contributed by atoms with Crippen LogP contribution in [0.25, 0.3) is 0 Å². The van der Waals surface area contributed by atoms with Crippen molar-refractivity contribution in [2.24, 2.45) is 4.36 Å². The van der Waals surface area contributed by atoms with Crippen molar-refractivity contribution in [3.63, 3.8) is 0 Å². The van der Waals surface area contributed by atoms with Gasteiger partial charge in [0.2, 0.25) is 0 Å². The van der Waals surface area contributed by atoms with Gasteiger partial charge >= 0.3 is 0 Å². The Hall–Kier alpha value is -0.970. The summed E-state index contributed by atoms with van der Waals surface area (Å²) in [6, 6.07) is 3.49. The van der Waals surface area contributed by atoms with E-state index in [4.69, 9.17) is 0 Å². The molecule has 0 atom stereocenters. The first-order valence-corrected chi connectivity index (χ1v) is 6.13. The molecule has 0 radical (unpaired) electrons. The second-order valence-electron chi connectivity index (χ2n) is 3.20. The van der Waals surface area contributed by atoms with Gasteiger partial charge in [-0.05, 0) is 18.6 Å². The van der Waals surface area contributed by atoms with Crippen LogP contribution < -0.4 is 0 Å². The van der Waals surface area contributed by atoms with E-state index in [-0.39, 0.29) is 0 Å². The summed E-state index contributed by atoms with van der Waals surface area (Å²) in [7, 11) is -2.34. The van der Waals surface area contributed by atoms with Gasteiger partial charge in [0.25, 0.3) is 0 Å². The molecule has 0 aliphatic carbocycles. The monoisotopic (exact) mass is 217 g/mol. The van der Waals surface area contributed by atoms with Gasteiger partial charge < -0.3 is 0 Å². The van der Waals surface area contributed by atoms with E-state index in [0.29, 0.717) is 11.5 Å². The molecule has 0 spiro atoms. The van der Waals surface area contributed by atoms with E-state index in [9.17, 15) is 13.0 Å². The third kappa shape index (κ3) is 1.64. The summed E-state index contributed by atoms with van der Waals surface area (Å²) in [4.78, 5) is 0. The molecule has 1 aliphatic rings. The van der Waals surface area contributed by atoms with Crippen molar-refractivity contribution in [2.45, 2.75) is 6.42 Å². The first kappa shape index (κ1) is 9.58. The molecule has 1 fully saturated rings. The maximum Gasteiger partial charge on any atom is 0.152 e. The van der Waals surface area contributed by atoms with E-state index in [1.807, 2.05) is 0 Å². The van der Waals surface area contributed by atoms with Crippen molar-refractivity contribution in [3.8, 4) is 0 Å². The minimum atomic E-state index is -2.34. The van der Waals surface area contributed by atoms with E-state index in [2.05, 4.69) is 4.36 Å². The summed E-state index contributed by atoms with van der Waals surface area (Å²) < 4.78 is 41.5. The van der Waals surface area contributed by atoms with Crippen LogP contribution in [-0.4, -0.2) is 15.7 Å². The first-order chi connectivity index (χ1) is 6.61. The molecule has 0 N–H and O–H groups in total. The quantitative estimate of drug-likeness (QED) is 0.710. The zero-order valence-electron chi connectivity index (χ0n) is 7.37. The molecular formula is C9H9F2NOS. The molecule has 1 aromatic carbocycles. The highest BCUT2D eigenvalue weighted by Gasteiger charge is 2.21. The summed E-state index contributed by atoms with van der Waals surface area (Å²) in [6.45, 7) is 0. The highest BCUT2D eigenvalue weighted by atomic mass is 32.2. The van der Waals surface area contributed by atoms with Crippen LogP contribution in [0.15, 0.2) is 22.6 Å². The van der Waals surface area contributed by atoms with Crippen LogP contribution in [0.1, 0.15) is 6.42 Å². The molecule has 0 unspecified atom stereocenters. The fourth-order valence-corrected chi connectivity index (χ4v) is 2.70. The lowest BCUT2D eigenvalue weighted by Gasteiger charge is -2.17. The van der Waals surface area contributed by atoms with E-state index < -0.39 is 27.1 Å². The van der Waals surface area contributed by atoms with Crippen LogP contribution in [0.3, 0.4) is 0 Å². The number of benzene rings is 1. The van der Waals surface area contributed by atoms with Crippen molar-refractivity contribution >= 4 is 15.4 Å². The smallest absolute Gasteiger partial charge is 0.152 e. The van der Waals surface area contributed by atoms with Crippen LogP contribution in [0, 0.1) is 11.6 Å². The molecule has 0 aromatic heterocycles. The van der Waals surface area contributed by atoms with E-state index in [1.165, 1.54) is 6.07 Å². The van der Waals surface area contributed by atoms with Crippen LogP contribution in [0.4, 0.5) is 14.5 Å². The van der Waals surface area contributed by atoms with Crippen LogP contribution in [-0.2, 0) is 9.73 Å². The molecule has 5 heteroatoms. The fourth-order valence-electron chi connectivity index (χ4n) is 1.23. The summed E-state index contributed by atoms with van der Waals surface area (Å²) in [5.41, 5.74) is -0.391. The number of nitrogens with zero attached hydrogens (tertiary/aromatic N) is 1. The van der Waals surface area contributed by atoms with Gasteiger partial charge in [0.05, 0.1) is 9.73 Å². The lowest BCUT2D eigenvalue weighted by molar-refractivity contribution is 0.586. The van der Waals surface area contributed by atoms with Gasteiger partial charge in [-0.25, -0.2) is 13.0 Å². The Labute approximate surface area is 81.1 Å². The average molecular weight is 217 g/mol. The second kappa shape index (κ2) is 3.31. The Bertz CT molecular complexity index is 447. The lowest BCUT2D eigenvalue weighted by Crippen LogP contribution is -2.23. The molecule has 1 saturated heterocycles. The van der Waals surface area contributed by atoms with Crippen molar-refractivity contribution in [1.82, 2.24) is 0 Å². The largest absolute Gasteiger partial charge is 0.249 e. The molecule has 0 bridgehead atoms. The number of hydrogen-bond acceptors (Lipinski definition) is 2. The number of hydrogen-bond donors (Lipinski definition) is 0. The van der Waals surface area contributed by atoms with Crippen molar-refractivity contribution < 1.29 is 13.0 Å². The lowest BCUT2D eigenvalue weighted by atomic mass is 10.3. The molecule has 0 saturated carbocycles. The van der Waals surface area contributed by atoms with Gasteiger partial charge in [-0.15, -0.1) is 0 Å². The molecule has 1 aromatic rings. The molecule has 14 heavy (non-hydrogen) atoms. The van der Waals surface area contributed by atoms with Gasteiger partial charge in [-0.1, -0.05) is 6.07 Å². The minimum Gasteiger partial charge on any atom is -0.249 e. The molecule has 2 nitrogen and oxygen atoms in total. The van der Waals surface area contributed by atoms with E-state index in [1.54, 1.807) is 0 Å². The average Bonchev–Trinajstić information content (AvgIpc) is 2.09.